The van der Waals surface area contributed by atoms with Crippen LogP contribution in [0.3, 0.4) is 0 Å². The maximum Gasteiger partial charge on any atom is 0.255 e. The first kappa shape index (κ1) is 53.6. The Morgan fingerprint density at radius 1 is 0.567 bits per heavy atom. The number of nitrogens with two attached hydrogens (primary N) is 1. The van der Waals surface area contributed by atoms with Gasteiger partial charge in [-0.1, -0.05) is 71.7 Å². The first-order chi connectivity index (χ1) is 28.3. The number of nitrogens with zero attached hydrogens (tertiary/aromatic N) is 1. The van der Waals surface area contributed by atoms with E-state index in [0.29, 0.717) is 28.2 Å². The third-order valence-corrected chi connectivity index (χ3v) is 13.1. The summed E-state index contributed by atoms with van der Waals surface area (Å²) in [7, 11) is -1.81. The van der Waals surface area contributed by atoms with Gasteiger partial charge >= 0.3 is 0 Å². The lowest BCUT2D eigenvalue weighted by Crippen LogP contribution is -2.22. The molecule has 2 amide bonds. The molecular weight excluding hydrogens is 818 g/mol. The van der Waals surface area contributed by atoms with E-state index in [-0.39, 0.29) is 11.8 Å². The third kappa shape index (κ3) is 21.7. The number of benzene rings is 4. The van der Waals surface area contributed by atoms with Crippen LogP contribution in [0.5, 0.6) is 0 Å². The van der Waals surface area contributed by atoms with Gasteiger partial charge in [-0.25, -0.2) is 16.8 Å². The van der Waals surface area contributed by atoms with Crippen LogP contribution in [0.1, 0.15) is 120 Å². The molecule has 5 N–H and O–H groups in total. The second-order valence-corrected chi connectivity index (χ2v) is 20.0. The molecule has 0 radical (unpaired) electrons. The molecule has 0 bridgehead atoms. The Labute approximate surface area is 365 Å². The molecule has 332 valence electrons. The number of sulfonamides is 1. The summed E-state index contributed by atoms with van der Waals surface area (Å²) in [6.45, 7) is 20.7. The van der Waals surface area contributed by atoms with E-state index < -0.39 is 29.6 Å². The zero-order chi connectivity index (χ0) is 45.3. The van der Waals surface area contributed by atoms with Gasteiger partial charge in [0, 0.05) is 44.6 Å². The molecule has 0 saturated heterocycles. The van der Waals surface area contributed by atoms with Crippen molar-refractivity contribution in [3.63, 3.8) is 0 Å². The average molecular weight is 887 g/mol. The third-order valence-electron chi connectivity index (χ3n) is 9.17. The summed E-state index contributed by atoms with van der Waals surface area (Å²) in [5, 5.41) is 4.70. The maximum atomic E-state index is 12.3. The SMILES string of the molecule is CC(C)S(=O)(=O)Cl.CCCCc1ccc(C(=O)Nc2ccc(N)cc2)cc1.CCCCc1ccc(C(=O)Nc2ccc(NS(=O)(=O)C(C)C)cc2)cc1.CCN(CC)CC. The van der Waals surface area contributed by atoms with Crippen molar-refractivity contribution in [3.05, 3.63) is 119 Å². The molecule has 0 heterocycles. The predicted octanol–water partition coefficient (Wildman–Crippen LogP) is 10.6. The predicted molar refractivity (Wildman–Crippen MR) is 254 cm³/mol. The van der Waals surface area contributed by atoms with Crippen LogP contribution in [0, 0.1) is 0 Å². The molecule has 0 saturated carbocycles. The highest BCUT2D eigenvalue weighted by Gasteiger charge is 2.15. The highest BCUT2D eigenvalue weighted by molar-refractivity contribution is 8.14. The molecule has 0 aromatic heterocycles. The molecule has 14 heteroatoms. The molecule has 11 nitrogen and oxygen atoms in total. The zero-order valence-electron chi connectivity index (χ0n) is 36.9. The van der Waals surface area contributed by atoms with E-state index in [1.165, 1.54) is 57.5 Å². The number of nitrogen functional groups attached to an aromatic ring is 1. The van der Waals surface area contributed by atoms with Crippen LogP contribution in [0.15, 0.2) is 97.1 Å². The Morgan fingerprint density at radius 3 is 1.18 bits per heavy atom. The van der Waals surface area contributed by atoms with Crippen LogP contribution in [-0.4, -0.2) is 63.7 Å². The molecule has 0 aliphatic rings. The first-order valence-corrected chi connectivity index (χ1v) is 24.6. The van der Waals surface area contributed by atoms with Gasteiger partial charge in [-0.05, 0) is 157 Å². The molecular formula is C46H68ClN5O6S2. The normalized spacial score (nSPS) is 11.0. The number of amides is 2. The topological polar surface area (TPSA) is 168 Å². The van der Waals surface area contributed by atoms with Crippen molar-refractivity contribution >= 4 is 64.3 Å². The van der Waals surface area contributed by atoms with Crippen molar-refractivity contribution < 1.29 is 26.4 Å². The first-order valence-electron chi connectivity index (χ1n) is 20.7. The Morgan fingerprint density at radius 2 is 0.900 bits per heavy atom. The fourth-order valence-corrected chi connectivity index (χ4v) is 5.66. The molecule has 60 heavy (non-hydrogen) atoms. The van der Waals surface area contributed by atoms with Crippen molar-refractivity contribution in [1.29, 1.82) is 0 Å². The van der Waals surface area contributed by atoms with E-state index in [0.717, 1.165) is 31.4 Å². The van der Waals surface area contributed by atoms with Gasteiger partial charge in [0.05, 0.1) is 10.5 Å². The van der Waals surface area contributed by atoms with Gasteiger partial charge in [0.1, 0.15) is 0 Å². The number of carbonyl (C=O) groups excluding carboxylic acids is 2. The summed E-state index contributed by atoms with van der Waals surface area (Å²) in [6, 6.07) is 29.1. The Hall–Kier alpha value is -4.43. The molecule has 0 unspecified atom stereocenters. The molecule has 4 aromatic carbocycles. The number of rotatable bonds is 17. The highest BCUT2D eigenvalue weighted by Crippen LogP contribution is 2.18. The molecule has 0 aliphatic heterocycles. The van der Waals surface area contributed by atoms with Crippen molar-refractivity contribution in [1.82, 2.24) is 4.90 Å². The van der Waals surface area contributed by atoms with E-state index in [1.807, 2.05) is 48.5 Å². The molecule has 0 atom stereocenters. The Balaban J connectivity index is 0.000000464. The summed E-state index contributed by atoms with van der Waals surface area (Å²) < 4.78 is 46.4. The number of unbranched alkanes of at least 4 members (excludes halogenated alkanes) is 2. The molecule has 4 rings (SSSR count). The molecule has 0 fully saturated rings. The quantitative estimate of drug-likeness (QED) is 0.0600. The molecule has 0 spiro atoms. The Bertz CT molecular complexity index is 2030. The van der Waals surface area contributed by atoms with E-state index >= 15 is 0 Å². The summed E-state index contributed by atoms with van der Waals surface area (Å²) in [5.41, 5.74) is 11.9. The van der Waals surface area contributed by atoms with Crippen molar-refractivity contribution in [2.75, 3.05) is 40.7 Å². The second kappa shape index (κ2) is 28.2. The monoisotopic (exact) mass is 885 g/mol. The molecule has 4 aromatic rings. The van der Waals surface area contributed by atoms with Crippen molar-refractivity contribution in [2.24, 2.45) is 0 Å². The lowest BCUT2D eigenvalue weighted by atomic mass is 10.1. The number of halogens is 1. The summed E-state index contributed by atoms with van der Waals surface area (Å²) >= 11 is 0. The minimum Gasteiger partial charge on any atom is -0.399 e. The van der Waals surface area contributed by atoms with Gasteiger partial charge in [0.15, 0.2) is 0 Å². The van der Waals surface area contributed by atoms with Gasteiger partial charge in [0.25, 0.3) is 11.8 Å². The van der Waals surface area contributed by atoms with Crippen molar-refractivity contribution in [2.45, 2.75) is 111 Å². The van der Waals surface area contributed by atoms with Gasteiger partial charge in [-0.2, -0.15) is 0 Å². The van der Waals surface area contributed by atoms with Crippen LogP contribution >= 0.6 is 10.7 Å². The number of anilines is 4. The van der Waals surface area contributed by atoms with Gasteiger partial charge in [-0.15, -0.1) is 0 Å². The zero-order valence-corrected chi connectivity index (χ0v) is 39.3. The van der Waals surface area contributed by atoms with Crippen molar-refractivity contribution in [3.8, 4) is 0 Å². The summed E-state index contributed by atoms with van der Waals surface area (Å²) in [5.74, 6) is -0.292. The fraction of sp³-hybridized carbons (Fsp3) is 0.435. The second-order valence-electron chi connectivity index (χ2n) is 14.5. The van der Waals surface area contributed by atoms with E-state index in [4.69, 9.17) is 16.4 Å². The fourth-order valence-electron chi connectivity index (χ4n) is 4.95. The van der Waals surface area contributed by atoms with Gasteiger partial charge in [-0.3, -0.25) is 14.3 Å². The minimum absolute atomic E-state index is 0.100. The average Bonchev–Trinajstić information content (AvgIpc) is 3.22. The summed E-state index contributed by atoms with van der Waals surface area (Å²) in [6.07, 6.45) is 6.73. The highest BCUT2D eigenvalue weighted by atomic mass is 35.7. The lowest BCUT2D eigenvalue weighted by molar-refractivity contribution is 0.101. The van der Waals surface area contributed by atoms with Crippen LogP contribution in [0.4, 0.5) is 22.7 Å². The van der Waals surface area contributed by atoms with Crippen LogP contribution in [0.25, 0.3) is 0 Å². The lowest BCUT2D eigenvalue weighted by Gasteiger charge is -2.13. The maximum absolute atomic E-state index is 12.3. The number of hydrogen-bond acceptors (Lipinski definition) is 8. The number of aryl methyl sites for hydroxylation is 2. The van der Waals surface area contributed by atoms with Crippen LogP contribution in [0.2, 0.25) is 0 Å². The van der Waals surface area contributed by atoms with E-state index in [1.54, 1.807) is 62.4 Å². The largest absolute Gasteiger partial charge is 0.399 e. The van der Waals surface area contributed by atoms with E-state index in [2.05, 4.69) is 54.9 Å². The molecule has 0 aliphatic carbocycles. The Kier molecular flexibility index (Phi) is 25.2. The van der Waals surface area contributed by atoms with Crippen LogP contribution < -0.4 is 21.1 Å². The standard InChI is InChI=1S/C20H26N2O3S.C17H20N2O.C6H15N.C3H7ClO2S/c1-4-5-6-16-7-9-17(10-8-16)20(23)21-18-11-13-19(14-12-18)22-26(24,25)15(2)3;1-2-3-4-13-5-7-14(8-6-13)17(20)19-16-11-9-15(18)10-12-16;1-4-7(5-2)6-3;1-3(2)7(4,5)6/h7-15,22H,4-6H2,1-3H3,(H,21,23);5-12H,2-4,18H2,1H3,(H,19,20);4-6H2,1-3H3;3H,1-2H3. The van der Waals surface area contributed by atoms with Gasteiger partial charge in [0.2, 0.25) is 19.1 Å². The number of hydrogen-bond donors (Lipinski definition) is 4. The smallest absolute Gasteiger partial charge is 0.255 e. The van der Waals surface area contributed by atoms with Crippen LogP contribution in [-0.2, 0) is 31.9 Å². The van der Waals surface area contributed by atoms with Gasteiger partial charge < -0.3 is 21.3 Å². The summed E-state index contributed by atoms with van der Waals surface area (Å²) in [4.78, 5) is 26.8. The number of carbonyl (C=O) groups is 2. The van der Waals surface area contributed by atoms with E-state index in [9.17, 15) is 26.4 Å². The number of nitrogens with one attached hydrogen (secondary N) is 3. The minimum atomic E-state index is -3.38.